The lowest BCUT2D eigenvalue weighted by Crippen LogP contribution is -2.37. The molecule has 0 saturated carbocycles. The number of aromatic carboxylic acids is 1. The fraction of sp³-hybridized carbons (Fsp3) is 0.400. The summed E-state index contributed by atoms with van der Waals surface area (Å²) in [6.45, 7) is 4.65. The van der Waals surface area contributed by atoms with Crippen molar-refractivity contribution in [3.63, 3.8) is 0 Å². The van der Waals surface area contributed by atoms with Crippen molar-refractivity contribution >= 4 is 28.5 Å². The Morgan fingerprint density at radius 1 is 1.16 bits per heavy atom. The molecule has 3 heterocycles. The SMILES string of the molecule is CC(C)C(CO)n1cc(C(=O)O)c(=O)c2cc(NCc3c(F)cc(F)cc3F)c(N3CCOCC3)nc21. The van der Waals surface area contributed by atoms with E-state index in [1.807, 2.05) is 18.7 Å². The second kappa shape index (κ2) is 10.8. The zero-order valence-electron chi connectivity index (χ0n) is 20.3. The first kappa shape index (κ1) is 26.4. The molecule has 9 nitrogen and oxygen atoms in total. The number of nitrogens with one attached hydrogen (secondary N) is 1. The highest BCUT2D eigenvalue weighted by Gasteiger charge is 2.25. The number of aromatic nitrogens is 2. The number of benzene rings is 1. The predicted molar refractivity (Wildman–Crippen MR) is 131 cm³/mol. The summed E-state index contributed by atoms with van der Waals surface area (Å²) in [5.41, 5.74) is -1.31. The van der Waals surface area contributed by atoms with Crippen LogP contribution in [-0.4, -0.2) is 58.6 Å². The number of anilines is 2. The van der Waals surface area contributed by atoms with Crippen molar-refractivity contribution < 1.29 is 32.9 Å². The summed E-state index contributed by atoms with van der Waals surface area (Å²) >= 11 is 0. The average molecular weight is 521 g/mol. The van der Waals surface area contributed by atoms with Crippen molar-refractivity contribution in [3.05, 3.63) is 63.2 Å². The smallest absolute Gasteiger partial charge is 0.341 e. The first-order valence-corrected chi connectivity index (χ1v) is 11.8. The number of hydrogen-bond donors (Lipinski definition) is 3. The molecule has 12 heteroatoms. The number of pyridine rings is 2. The standard InChI is InChI=1S/C25H27F3N4O5/c1-13(2)21(12-33)32-11-17(25(35)36)22(34)15-9-20(24(30-23(15)32)31-3-5-37-6-4-31)29-10-16-18(27)7-14(26)8-19(16)28/h7-9,11,13,21,29,33H,3-6,10,12H2,1-2H3,(H,35,36). The van der Waals surface area contributed by atoms with Crippen molar-refractivity contribution in [1.29, 1.82) is 0 Å². The van der Waals surface area contributed by atoms with Crippen LogP contribution in [0.3, 0.4) is 0 Å². The minimum absolute atomic E-state index is 0.0430. The van der Waals surface area contributed by atoms with E-state index in [9.17, 15) is 33.0 Å². The third-order valence-corrected chi connectivity index (χ3v) is 6.40. The third kappa shape index (κ3) is 5.25. The van der Waals surface area contributed by atoms with E-state index in [1.54, 1.807) is 0 Å². The molecule has 1 fully saturated rings. The molecule has 1 atom stereocenters. The molecule has 1 aliphatic heterocycles. The van der Waals surface area contributed by atoms with Gasteiger partial charge in [-0.05, 0) is 12.0 Å². The summed E-state index contributed by atoms with van der Waals surface area (Å²) in [6, 6.07) is 1.96. The van der Waals surface area contributed by atoms with Gasteiger partial charge in [-0.25, -0.2) is 22.9 Å². The molecule has 2 aromatic heterocycles. The summed E-state index contributed by atoms with van der Waals surface area (Å²) in [6.07, 6.45) is 1.18. The van der Waals surface area contributed by atoms with Crippen LogP contribution in [0, 0.1) is 23.4 Å². The van der Waals surface area contributed by atoms with Crippen LogP contribution in [0.5, 0.6) is 0 Å². The Bertz CT molecular complexity index is 1370. The highest BCUT2D eigenvalue weighted by atomic mass is 19.1. The zero-order valence-corrected chi connectivity index (χ0v) is 20.3. The Balaban J connectivity index is 1.92. The molecule has 4 rings (SSSR count). The van der Waals surface area contributed by atoms with E-state index in [1.165, 1.54) is 16.8 Å². The monoisotopic (exact) mass is 520 g/mol. The van der Waals surface area contributed by atoms with Gasteiger partial charge in [0, 0.05) is 43.5 Å². The molecule has 0 spiro atoms. The molecule has 1 saturated heterocycles. The van der Waals surface area contributed by atoms with Crippen LogP contribution < -0.4 is 15.6 Å². The number of morpholine rings is 1. The number of carboxylic acid groups (broad SMARTS) is 1. The van der Waals surface area contributed by atoms with E-state index >= 15 is 0 Å². The highest BCUT2D eigenvalue weighted by molar-refractivity contribution is 5.93. The van der Waals surface area contributed by atoms with E-state index in [0.29, 0.717) is 44.3 Å². The maximum Gasteiger partial charge on any atom is 0.341 e. The molecular weight excluding hydrogens is 493 g/mol. The summed E-state index contributed by atoms with van der Waals surface area (Å²) < 4.78 is 48.8. The van der Waals surface area contributed by atoms with Crippen molar-refractivity contribution in [2.45, 2.75) is 26.4 Å². The molecule has 1 aromatic carbocycles. The Morgan fingerprint density at radius 3 is 2.38 bits per heavy atom. The van der Waals surface area contributed by atoms with Crippen molar-refractivity contribution in [2.75, 3.05) is 43.1 Å². The molecule has 0 bridgehead atoms. The number of aliphatic hydroxyl groups is 1. The van der Waals surface area contributed by atoms with Gasteiger partial charge < -0.3 is 29.7 Å². The minimum atomic E-state index is -1.44. The maximum atomic E-state index is 14.3. The highest BCUT2D eigenvalue weighted by Crippen LogP contribution is 2.31. The Morgan fingerprint density at radius 2 is 1.81 bits per heavy atom. The largest absolute Gasteiger partial charge is 0.477 e. The normalized spacial score (nSPS) is 14.8. The minimum Gasteiger partial charge on any atom is -0.477 e. The number of rotatable bonds is 8. The van der Waals surface area contributed by atoms with Crippen molar-refractivity contribution in [3.8, 4) is 0 Å². The number of fused-ring (bicyclic) bond motifs is 1. The number of aliphatic hydroxyl groups excluding tert-OH is 1. The number of hydrogen-bond acceptors (Lipinski definition) is 7. The molecule has 198 valence electrons. The first-order chi connectivity index (χ1) is 17.6. The van der Waals surface area contributed by atoms with Crippen LogP contribution >= 0.6 is 0 Å². The lowest BCUT2D eigenvalue weighted by molar-refractivity contribution is 0.0694. The molecule has 0 aliphatic carbocycles. The molecular formula is C25H27F3N4O5. The van der Waals surface area contributed by atoms with Crippen LogP contribution in [0.25, 0.3) is 11.0 Å². The van der Waals surface area contributed by atoms with Crippen LogP contribution in [0.1, 0.15) is 35.8 Å². The number of carboxylic acids is 1. The van der Waals surface area contributed by atoms with Gasteiger partial charge in [0.25, 0.3) is 0 Å². The lowest BCUT2D eigenvalue weighted by atomic mass is 10.0. The Kier molecular flexibility index (Phi) is 7.69. The lowest BCUT2D eigenvalue weighted by Gasteiger charge is -2.31. The number of ether oxygens (including phenoxy) is 1. The van der Waals surface area contributed by atoms with Gasteiger partial charge >= 0.3 is 5.97 Å². The fourth-order valence-electron chi connectivity index (χ4n) is 4.36. The number of halogens is 3. The van der Waals surface area contributed by atoms with E-state index in [0.717, 1.165) is 0 Å². The van der Waals surface area contributed by atoms with E-state index in [2.05, 4.69) is 5.32 Å². The second-order valence-corrected chi connectivity index (χ2v) is 9.11. The van der Waals surface area contributed by atoms with Crippen LogP contribution in [0.15, 0.2) is 29.2 Å². The van der Waals surface area contributed by atoms with Gasteiger partial charge in [-0.3, -0.25) is 4.79 Å². The van der Waals surface area contributed by atoms with Gasteiger partial charge in [-0.15, -0.1) is 0 Å². The first-order valence-electron chi connectivity index (χ1n) is 11.8. The summed E-state index contributed by atoms with van der Waals surface area (Å²) in [5, 5.41) is 22.6. The Hall–Kier alpha value is -3.64. The van der Waals surface area contributed by atoms with Crippen LogP contribution in [0.2, 0.25) is 0 Å². The van der Waals surface area contributed by atoms with E-state index < -0.39 is 46.0 Å². The predicted octanol–water partition coefficient (Wildman–Crippen LogP) is 3.15. The molecule has 3 aromatic rings. The van der Waals surface area contributed by atoms with Gasteiger partial charge in [-0.1, -0.05) is 13.8 Å². The molecule has 0 amide bonds. The van der Waals surface area contributed by atoms with Crippen molar-refractivity contribution in [1.82, 2.24) is 9.55 Å². The van der Waals surface area contributed by atoms with E-state index in [4.69, 9.17) is 9.72 Å². The number of carbonyl (C=O) groups is 1. The van der Waals surface area contributed by atoms with Gasteiger partial charge in [-0.2, -0.15) is 0 Å². The molecule has 1 aliphatic rings. The molecule has 1 unspecified atom stereocenters. The number of nitrogens with zero attached hydrogens (tertiary/aromatic N) is 3. The fourth-order valence-corrected chi connectivity index (χ4v) is 4.36. The summed E-state index contributed by atoms with van der Waals surface area (Å²) in [5.74, 6) is -4.42. The van der Waals surface area contributed by atoms with Crippen LogP contribution in [0.4, 0.5) is 24.7 Å². The maximum absolute atomic E-state index is 14.3. The molecule has 37 heavy (non-hydrogen) atoms. The third-order valence-electron chi connectivity index (χ3n) is 6.40. The summed E-state index contributed by atoms with van der Waals surface area (Å²) in [7, 11) is 0. The van der Waals surface area contributed by atoms with Crippen LogP contribution in [-0.2, 0) is 11.3 Å². The molecule has 0 radical (unpaired) electrons. The van der Waals surface area contributed by atoms with Gasteiger partial charge in [0.15, 0.2) is 5.82 Å². The summed E-state index contributed by atoms with van der Waals surface area (Å²) in [4.78, 5) is 31.6. The van der Waals surface area contributed by atoms with E-state index in [-0.39, 0.29) is 35.8 Å². The Labute approximate surface area is 210 Å². The quantitative estimate of drug-likeness (QED) is 0.415. The van der Waals surface area contributed by atoms with Gasteiger partial charge in [0.2, 0.25) is 5.43 Å². The topological polar surface area (TPSA) is 117 Å². The second-order valence-electron chi connectivity index (χ2n) is 9.11. The molecule has 3 N–H and O–H groups in total. The van der Waals surface area contributed by atoms with Gasteiger partial charge in [0.05, 0.1) is 36.9 Å². The average Bonchev–Trinajstić information content (AvgIpc) is 2.85. The van der Waals surface area contributed by atoms with Crippen molar-refractivity contribution in [2.24, 2.45) is 5.92 Å². The van der Waals surface area contributed by atoms with Gasteiger partial charge in [0.1, 0.15) is 28.7 Å². The zero-order chi connectivity index (χ0) is 26.9.